The maximum absolute atomic E-state index is 14.1. The Kier molecular flexibility index (Phi) is 8.04. The number of rotatable bonds is 6. The Morgan fingerprint density at radius 1 is 1.16 bits per heavy atom. The summed E-state index contributed by atoms with van der Waals surface area (Å²) in [5.74, 6) is 0.756. The summed E-state index contributed by atoms with van der Waals surface area (Å²) in [5, 5.41) is 24.5. The molecule has 6 rings (SSSR count). The van der Waals surface area contributed by atoms with Crippen LogP contribution in [-0.4, -0.2) is 98.8 Å². The first-order valence-electron chi connectivity index (χ1n) is 14.7. The SMILES string of the molecule is C=CC(O)N1CCN(c2nc(N3CCN4CCCC4C3)nc3c(=O)n(-c4cccc(C)c4C(F)(F)F)ncc23)C[C@@H]1CC#N. The van der Waals surface area contributed by atoms with E-state index >= 15 is 0 Å². The molecule has 3 fully saturated rings. The highest BCUT2D eigenvalue weighted by atomic mass is 19.4. The second kappa shape index (κ2) is 11.8. The van der Waals surface area contributed by atoms with Gasteiger partial charge in [0.05, 0.1) is 35.3 Å². The number of piperazine rings is 2. The molecule has 2 aromatic heterocycles. The summed E-state index contributed by atoms with van der Waals surface area (Å²) >= 11 is 0. The van der Waals surface area contributed by atoms with E-state index < -0.39 is 23.5 Å². The largest absolute Gasteiger partial charge is 0.418 e. The number of nitrogens with zero attached hydrogens (tertiary/aromatic N) is 9. The predicted octanol–water partition coefficient (Wildman–Crippen LogP) is 2.70. The third-order valence-corrected chi connectivity index (χ3v) is 8.95. The Labute approximate surface area is 252 Å². The maximum atomic E-state index is 14.1. The minimum absolute atomic E-state index is 0.0228. The molecule has 1 N–H and O–H groups in total. The molecular formula is C30H34F3N9O2. The van der Waals surface area contributed by atoms with Crippen molar-refractivity contribution >= 4 is 22.7 Å². The number of hydrogen-bond acceptors (Lipinski definition) is 10. The number of fused-ring (bicyclic) bond motifs is 2. The van der Waals surface area contributed by atoms with Gasteiger partial charge in [0.15, 0.2) is 0 Å². The average molecular weight is 610 g/mol. The van der Waals surface area contributed by atoms with E-state index in [0.717, 1.165) is 30.6 Å². The minimum Gasteiger partial charge on any atom is -0.375 e. The van der Waals surface area contributed by atoms with Crippen molar-refractivity contribution in [2.75, 3.05) is 55.6 Å². The first-order valence-corrected chi connectivity index (χ1v) is 14.7. The van der Waals surface area contributed by atoms with Gasteiger partial charge in [0.1, 0.15) is 17.6 Å². The summed E-state index contributed by atoms with van der Waals surface area (Å²) in [7, 11) is 0. The second-order valence-electron chi connectivity index (χ2n) is 11.6. The van der Waals surface area contributed by atoms with Gasteiger partial charge in [-0.3, -0.25) is 14.6 Å². The molecule has 3 aliphatic rings. The van der Waals surface area contributed by atoms with Crippen LogP contribution >= 0.6 is 0 Å². The molecule has 0 aliphatic carbocycles. The fourth-order valence-electron chi connectivity index (χ4n) is 6.75. The lowest BCUT2D eigenvalue weighted by molar-refractivity contribution is -0.138. The molecule has 0 amide bonds. The van der Waals surface area contributed by atoms with Crippen molar-refractivity contribution in [1.29, 1.82) is 5.26 Å². The highest BCUT2D eigenvalue weighted by molar-refractivity contribution is 5.89. The van der Waals surface area contributed by atoms with Crippen LogP contribution in [0.3, 0.4) is 0 Å². The molecule has 0 spiro atoms. The van der Waals surface area contributed by atoms with E-state index in [1.54, 1.807) is 4.90 Å². The summed E-state index contributed by atoms with van der Waals surface area (Å²) in [5.41, 5.74) is -2.14. The number of aliphatic hydroxyl groups excluding tert-OH is 1. The van der Waals surface area contributed by atoms with Gasteiger partial charge in [-0.05, 0) is 44.0 Å². The van der Waals surface area contributed by atoms with Gasteiger partial charge in [-0.2, -0.15) is 33.2 Å². The average Bonchev–Trinajstić information content (AvgIpc) is 3.48. The number of nitriles is 1. The topological polar surface area (TPSA) is 118 Å². The molecule has 1 aromatic carbocycles. The van der Waals surface area contributed by atoms with Crippen molar-refractivity contribution in [2.24, 2.45) is 0 Å². The van der Waals surface area contributed by atoms with Crippen molar-refractivity contribution in [3.8, 4) is 11.8 Å². The molecule has 3 aromatic rings. The van der Waals surface area contributed by atoms with Crippen molar-refractivity contribution in [1.82, 2.24) is 29.5 Å². The van der Waals surface area contributed by atoms with Gasteiger partial charge >= 0.3 is 6.18 Å². The molecule has 232 valence electrons. The van der Waals surface area contributed by atoms with E-state index in [9.17, 15) is 28.3 Å². The number of alkyl halides is 3. The molecule has 5 heterocycles. The van der Waals surface area contributed by atoms with Crippen LogP contribution < -0.4 is 15.4 Å². The Hall–Kier alpha value is -4.06. The number of aryl methyl sites for hydroxylation is 1. The molecule has 3 saturated heterocycles. The van der Waals surface area contributed by atoms with Crippen LogP contribution in [0.15, 0.2) is 41.8 Å². The van der Waals surface area contributed by atoms with Crippen LogP contribution in [0, 0.1) is 18.3 Å². The van der Waals surface area contributed by atoms with E-state index in [-0.39, 0.29) is 29.2 Å². The molecular weight excluding hydrogens is 575 g/mol. The normalized spacial score (nSPS) is 22.2. The van der Waals surface area contributed by atoms with Gasteiger partial charge in [-0.1, -0.05) is 18.7 Å². The zero-order valence-electron chi connectivity index (χ0n) is 24.4. The van der Waals surface area contributed by atoms with E-state index in [1.807, 2.05) is 9.80 Å². The quantitative estimate of drug-likeness (QED) is 0.418. The smallest absolute Gasteiger partial charge is 0.375 e. The van der Waals surface area contributed by atoms with Crippen LogP contribution in [-0.2, 0) is 6.18 Å². The first kappa shape index (κ1) is 30.0. The number of hydrogen-bond donors (Lipinski definition) is 1. The first-order chi connectivity index (χ1) is 21.1. The highest BCUT2D eigenvalue weighted by Crippen LogP contribution is 2.36. The van der Waals surface area contributed by atoms with Gasteiger partial charge in [0.2, 0.25) is 5.95 Å². The lowest BCUT2D eigenvalue weighted by Crippen LogP contribution is -2.56. The highest BCUT2D eigenvalue weighted by Gasteiger charge is 2.38. The molecule has 0 bridgehead atoms. The number of anilines is 2. The van der Waals surface area contributed by atoms with Crippen molar-refractivity contribution in [2.45, 2.75) is 50.7 Å². The maximum Gasteiger partial charge on any atom is 0.418 e. The lowest BCUT2D eigenvalue weighted by atomic mass is 10.1. The van der Waals surface area contributed by atoms with Gasteiger partial charge in [0, 0.05) is 51.4 Å². The minimum atomic E-state index is -4.70. The summed E-state index contributed by atoms with van der Waals surface area (Å²) < 4.78 is 43.2. The van der Waals surface area contributed by atoms with Gasteiger partial charge < -0.3 is 14.9 Å². The van der Waals surface area contributed by atoms with Crippen LogP contribution in [0.25, 0.3) is 16.6 Å². The third kappa shape index (κ3) is 5.40. The van der Waals surface area contributed by atoms with E-state index in [0.29, 0.717) is 55.9 Å². The molecule has 0 saturated carbocycles. The fourth-order valence-corrected chi connectivity index (χ4v) is 6.75. The van der Waals surface area contributed by atoms with Crippen LogP contribution in [0.4, 0.5) is 24.9 Å². The molecule has 3 atom stereocenters. The Bertz CT molecular complexity index is 1670. The number of aromatic nitrogens is 4. The fraction of sp³-hybridized carbons (Fsp3) is 0.500. The Morgan fingerprint density at radius 3 is 2.70 bits per heavy atom. The summed E-state index contributed by atoms with van der Waals surface area (Å²) in [6.45, 7) is 9.33. The molecule has 11 nitrogen and oxygen atoms in total. The lowest BCUT2D eigenvalue weighted by Gasteiger charge is -2.43. The zero-order valence-corrected chi connectivity index (χ0v) is 24.4. The van der Waals surface area contributed by atoms with E-state index in [4.69, 9.17) is 4.98 Å². The van der Waals surface area contributed by atoms with Gasteiger partial charge in [0.25, 0.3) is 5.56 Å². The zero-order chi connectivity index (χ0) is 31.2. The second-order valence-corrected chi connectivity index (χ2v) is 11.6. The number of aliphatic hydroxyl groups is 1. The summed E-state index contributed by atoms with van der Waals surface area (Å²) in [4.78, 5) is 31.8. The van der Waals surface area contributed by atoms with Gasteiger partial charge in [-0.25, -0.2) is 4.98 Å². The van der Waals surface area contributed by atoms with E-state index in [2.05, 4.69) is 27.6 Å². The summed E-state index contributed by atoms with van der Waals surface area (Å²) in [6, 6.07) is 6.20. The number of halogens is 3. The molecule has 44 heavy (non-hydrogen) atoms. The number of benzene rings is 1. The van der Waals surface area contributed by atoms with E-state index in [1.165, 1.54) is 37.4 Å². The van der Waals surface area contributed by atoms with Crippen molar-refractivity contribution in [3.05, 3.63) is 58.5 Å². The molecule has 3 aliphatic heterocycles. The van der Waals surface area contributed by atoms with Gasteiger partial charge in [-0.15, -0.1) is 0 Å². The Balaban J connectivity index is 1.49. The summed E-state index contributed by atoms with van der Waals surface area (Å²) in [6.07, 6.45) is -0.583. The van der Waals surface area contributed by atoms with Crippen LogP contribution in [0.5, 0.6) is 0 Å². The van der Waals surface area contributed by atoms with Crippen molar-refractivity contribution in [3.63, 3.8) is 0 Å². The Morgan fingerprint density at radius 2 is 1.95 bits per heavy atom. The molecule has 2 unspecified atom stereocenters. The van der Waals surface area contributed by atoms with Crippen LogP contribution in [0.1, 0.15) is 30.4 Å². The monoisotopic (exact) mass is 609 g/mol. The molecule has 0 radical (unpaired) electrons. The predicted molar refractivity (Wildman–Crippen MR) is 159 cm³/mol. The molecule has 14 heteroatoms. The van der Waals surface area contributed by atoms with Crippen LogP contribution in [0.2, 0.25) is 0 Å². The van der Waals surface area contributed by atoms with Crippen molar-refractivity contribution < 1.29 is 18.3 Å². The third-order valence-electron chi connectivity index (χ3n) is 8.95. The standard InChI is InChI=1S/C30H34F3N9O2/c1-3-24(43)41-15-14-39(18-21(41)9-10-34)27-22-16-35-42(23-8-4-6-19(2)25(23)30(31,32)33)28(44)26(22)36-29(37-27)40-13-12-38-11-5-7-20(38)17-40/h3-4,6,8,16,20-21,24,43H,1,5,7,9,11-15,17-18H2,2H3/t20?,21-,24?/m0/s1.